The van der Waals surface area contributed by atoms with Crippen molar-refractivity contribution in [3.8, 4) is 0 Å². The van der Waals surface area contributed by atoms with Crippen LogP contribution in [0.4, 0.5) is 0 Å². The topological polar surface area (TPSA) is 0 Å². The molecule has 0 fully saturated rings. The molecule has 0 aromatic rings. The van der Waals surface area contributed by atoms with Crippen LogP contribution in [0.2, 0.25) is 13.1 Å². The molecule has 0 spiro atoms. The molecule has 0 nitrogen and oxygen atoms in total. The normalized spacial score (nSPS) is 9.00. The monoisotopic (exact) mass is 240 g/mol. The van der Waals surface area contributed by atoms with Gasteiger partial charge in [0.2, 0.25) is 0 Å². The summed E-state index contributed by atoms with van der Waals surface area (Å²) < 4.78 is 4.65. The van der Waals surface area contributed by atoms with E-state index in [1.54, 1.807) is 13.1 Å². The first kappa shape index (κ1) is 11.8. The van der Waals surface area contributed by atoms with Crippen LogP contribution in [0.1, 0.15) is 20.8 Å². The maximum absolute atomic E-state index is 2.35. The van der Waals surface area contributed by atoms with Gasteiger partial charge in [0.25, 0.3) is 0 Å². The van der Waals surface area contributed by atoms with E-state index in [4.69, 9.17) is 0 Å². The van der Waals surface area contributed by atoms with Crippen molar-refractivity contribution in [2.75, 3.05) is 0 Å². The van der Waals surface area contributed by atoms with E-state index >= 15 is 0 Å². The standard InChI is InChI=1S/3C2H5.Sb.H3Si.H/c3*1-2;;;/h3*1H2,2H3;;1H3;. The molecule has 0 heterocycles. The molecule has 0 aliphatic rings. The summed E-state index contributed by atoms with van der Waals surface area (Å²) in [6.45, 7) is 7.05. The fourth-order valence-corrected chi connectivity index (χ4v) is 5.03. The van der Waals surface area contributed by atoms with Crippen LogP contribution in [0.5, 0.6) is 0 Å². The summed E-state index contributed by atoms with van der Waals surface area (Å²) in [5, 5.41) is 0. The van der Waals surface area contributed by atoms with Crippen LogP contribution >= 0.6 is 0 Å². The summed E-state index contributed by atoms with van der Waals surface area (Å²) in [6, 6.07) is 0. The SMILES string of the molecule is C[CH2][SbH]([CH2]C)[CH2]C.[SiH3]. The third-order valence-electron chi connectivity index (χ3n) is 1.50. The van der Waals surface area contributed by atoms with E-state index in [2.05, 4.69) is 20.8 Å². The number of rotatable bonds is 3. The molecule has 8 heavy (non-hydrogen) atoms. The Balaban J connectivity index is 0. The van der Waals surface area contributed by atoms with E-state index in [1.807, 2.05) is 0 Å². The van der Waals surface area contributed by atoms with Crippen molar-refractivity contribution >= 4 is 31.2 Å². The molecule has 2 heteroatoms. The van der Waals surface area contributed by atoms with Crippen molar-refractivity contribution in [3.05, 3.63) is 0 Å². The van der Waals surface area contributed by atoms with Gasteiger partial charge < -0.3 is 0 Å². The van der Waals surface area contributed by atoms with Gasteiger partial charge in [0.05, 0.1) is 0 Å². The first-order valence-corrected chi connectivity index (χ1v) is 9.24. The molecule has 0 saturated carbocycles. The minimum absolute atomic E-state index is 0. The molecule has 0 aliphatic heterocycles. The Bertz CT molecular complexity index is 30.0. The molecule has 0 aliphatic carbocycles. The van der Waals surface area contributed by atoms with E-state index in [0.717, 1.165) is 0 Å². The molecule has 0 aromatic heterocycles. The van der Waals surface area contributed by atoms with Gasteiger partial charge in [-0.05, 0) is 11.0 Å². The summed E-state index contributed by atoms with van der Waals surface area (Å²) in [5.41, 5.74) is 0. The van der Waals surface area contributed by atoms with E-state index in [0.29, 0.717) is 0 Å². The smallest absolute Gasteiger partial charge is 0.0125 e. The predicted octanol–water partition coefficient (Wildman–Crippen LogP) is 1.09. The minimum Gasteiger partial charge on any atom is -0.0125 e. The molecule has 0 amide bonds. The van der Waals surface area contributed by atoms with Crippen LogP contribution in [-0.2, 0) is 0 Å². The molecule has 0 atom stereocenters. The Hall–Kier alpha value is 1.04. The Morgan fingerprint density at radius 1 is 0.875 bits per heavy atom. The minimum atomic E-state index is -0.653. The Kier molecular flexibility index (Phi) is 11.8. The molecule has 0 saturated heterocycles. The van der Waals surface area contributed by atoms with Crippen molar-refractivity contribution in [2.45, 2.75) is 33.9 Å². The largest absolute Gasteiger partial charge is 0.0125 e. The van der Waals surface area contributed by atoms with Gasteiger partial charge in [-0.1, -0.05) is 0 Å². The van der Waals surface area contributed by atoms with Gasteiger partial charge >= 0.3 is 54.1 Å². The maximum Gasteiger partial charge on any atom is -0.0125 e. The Morgan fingerprint density at radius 2 is 1.12 bits per heavy atom. The Labute approximate surface area is 65.0 Å². The summed E-state index contributed by atoms with van der Waals surface area (Å²) in [5.74, 6) is 0. The van der Waals surface area contributed by atoms with Crippen molar-refractivity contribution in [2.24, 2.45) is 0 Å². The summed E-state index contributed by atoms with van der Waals surface area (Å²) >= 11 is -0.653. The van der Waals surface area contributed by atoms with Gasteiger partial charge in [-0.25, -0.2) is 0 Å². The molecule has 0 N–H and O–H groups in total. The fourth-order valence-electron chi connectivity index (χ4n) is 0.750. The molecule has 0 bridgehead atoms. The third kappa shape index (κ3) is 5.18. The zero-order valence-electron chi connectivity index (χ0n) is 6.62. The molecular weight excluding hydrogens is 222 g/mol. The van der Waals surface area contributed by atoms with Crippen molar-refractivity contribution in [1.82, 2.24) is 0 Å². The second-order valence-electron chi connectivity index (χ2n) is 1.81. The average molecular weight is 241 g/mol. The van der Waals surface area contributed by atoms with Crippen LogP contribution in [0.3, 0.4) is 0 Å². The molecule has 0 aromatic carbocycles. The van der Waals surface area contributed by atoms with Crippen LogP contribution in [0.25, 0.3) is 0 Å². The van der Waals surface area contributed by atoms with E-state index in [9.17, 15) is 0 Å². The van der Waals surface area contributed by atoms with Gasteiger partial charge in [0.15, 0.2) is 0 Å². The van der Waals surface area contributed by atoms with E-state index < -0.39 is 20.2 Å². The first-order valence-electron chi connectivity index (χ1n) is 3.18. The molecular formula is C6H19SbSi. The van der Waals surface area contributed by atoms with Crippen LogP contribution in [0, 0.1) is 0 Å². The summed E-state index contributed by atoms with van der Waals surface area (Å²) in [7, 11) is 0. The zero-order chi connectivity index (χ0) is 5.70. The van der Waals surface area contributed by atoms with Gasteiger partial charge in [0, 0.05) is 0 Å². The number of hydrogen-bond acceptors (Lipinski definition) is 0. The van der Waals surface area contributed by atoms with Crippen LogP contribution in [0.15, 0.2) is 0 Å². The van der Waals surface area contributed by atoms with Crippen molar-refractivity contribution < 1.29 is 0 Å². The van der Waals surface area contributed by atoms with Gasteiger partial charge in [0.1, 0.15) is 0 Å². The second kappa shape index (κ2) is 8.04. The second-order valence-corrected chi connectivity index (χ2v) is 12.1. The van der Waals surface area contributed by atoms with E-state index in [1.165, 1.54) is 0 Å². The molecule has 52 valence electrons. The van der Waals surface area contributed by atoms with Gasteiger partial charge in [-0.2, -0.15) is 0 Å². The van der Waals surface area contributed by atoms with Gasteiger partial charge in [-0.15, -0.1) is 0 Å². The molecule has 0 rings (SSSR count). The summed E-state index contributed by atoms with van der Waals surface area (Å²) in [4.78, 5) is 0. The Morgan fingerprint density at radius 3 is 1.12 bits per heavy atom. The predicted molar refractivity (Wildman–Crippen MR) is 48.5 cm³/mol. The van der Waals surface area contributed by atoms with E-state index in [-0.39, 0.29) is 11.0 Å². The van der Waals surface area contributed by atoms with Crippen LogP contribution in [-0.4, -0.2) is 31.2 Å². The average Bonchev–Trinajstić information content (AvgIpc) is 1.72. The maximum atomic E-state index is 2.35. The fraction of sp³-hybridized carbons (Fsp3) is 1.00. The van der Waals surface area contributed by atoms with Crippen molar-refractivity contribution in [1.29, 1.82) is 0 Å². The van der Waals surface area contributed by atoms with Gasteiger partial charge in [-0.3, -0.25) is 0 Å². The molecule has 2 radical (unpaired) electrons. The molecule has 0 unspecified atom stereocenters. The number of hydrogen-bond donors (Lipinski definition) is 0. The quantitative estimate of drug-likeness (QED) is 0.649. The van der Waals surface area contributed by atoms with Crippen molar-refractivity contribution in [3.63, 3.8) is 0 Å². The first-order chi connectivity index (χ1) is 3.35. The summed E-state index contributed by atoms with van der Waals surface area (Å²) in [6.07, 6.45) is 0. The zero-order valence-corrected chi connectivity index (χ0v) is 11.5. The van der Waals surface area contributed by atoms with Crippen LogP contribution < -0.4 is 0 Å². The third-order valence-corrected chi connectivity index (χ3v) is 10.1.